The van der Waals surface area contributed by atoms with Gasteiger partial charge in [0, 0.05) is 18.2 Å². The predicted octanol–water partition coefficient (Wildman–Crippen LogP) is 3.17. The highest BCUT2D eigenvalue weighted by Gasteiger charge is 2.37. The van der Waals surface area contributed by atoms with Gasteiger partial charge in [-0.05, 0) is 24.6 Å². The zero-order valence-corrected chi connectivity index (χ0v) is 18.5. The van der Waals surface area contributed by atoms with Gasteiger partial charge in [-0.15, -0.1) is 0 Å². The molecule has 9 nitrogen and oxygen atoms in total. The van der Waals surface area contributed by atoms with Crippen LogP contribution in [0.2, 0.25) is 0 Å². The van der Waals surface area contributed by atoms with E-state index < -0.39 is 29.6 Å². The molecule has 5 rings (SSSR count). The van der Waals surface area contributed by atoms with Crippen LogP contribution in [0.25, 0.3) is 16.6 Å². The quantitative estimate of drug-likeness (QED) is 0.336. The van der Waals surface area contributed by atoms with Crippen LogP contribution in [-0.4, -0.2) is 43.9 Å². The Labute approximate surface area is 195 Å². The van der Waals surface area contributed by atoms with Gasteiger partial charge >= 0.3 is 6.18 Å². The number of benzene rings is 1. The molecule has 0 saturated carbocycles. The average molecular weight is 489 g/mol. The Morgan fingerprint density at radius 3 is 2.77 bits per heavy atom. The van der Waals surface area contributed by atoms with E-state index in [1.165, 1.54) is 48.0 Å². The smallest absolute Gasteiger partial charge is 0.382 e. The number of halogens is 4. The van der Waals surface area contributed by atoms with Gasteiger partial charge in [0.15, 0.2) is 5.82 Å². The van der Waals surface area contributed by atoms with Crippen molar-refractivity contribution in [1.82, 2.24) is 29.8 Å². The van der Waals surface area contributed by atoms with Gasteiger partial charge in [0.25, 0.3) is 5.91 Å². The molecule has 4 aromatic rings. The molecule has 1 aliphatic rings. The Hall–Kier alpha value is -3.84. The van der Waals surface area contributed by atoms with E-state index in [0.29, 0.717) is 11.1 Å². The molecule has 13 heteroatoms. The van der Waals surface area contributed by atoms with Crippen molar-refractivity contribution < 1.29 is 27.1 Å². The summed E-state index contributed by atoms with van der Waals surface area (Å²) in [7, 11) is 1.48. The predicted molar refractivity (Wildman–Crippen MR) is 116 cm³/mol. The van der Waals surface area contributed by atoms with Crippen LogP contribution in [-0.2, 0) is 17.5 Å². The number of nitrogen functional groups attached to an aromatic ring is 1. The molecule has 3 N–H and O–H groups in total. The number of carbonyl (C=O) groups excluding carboxylic acids is 1. The first kappa shape index (κ1) is 22.9. The maximum absolute atomic E-state index is 15.4. The third-order valence-electron chi connectivity index (χ3n) is 6.03. The van der Waals surface area contributed by atoms with Crippen LogP contribution in [0.15, 0.2) is 30.7 Å². The van der Waals surface area contributed by atoms with E-state index in [2.05, 4.69) is 20.4 Å². The minimum Gasteiger partial charge on any atom is -0.382 e. The Balaban J connectivity index is 1.60. The fourth-order valence-corrected chi connectivity index (χ4v) is 4.28. The molecule has 0 radical (unpaired) electrons. The molecule has 1 unspecified atom stereocenters. The number of nitrogens with two attached hydrogens (primary N) is 1. The van der Waals surface area contributed by atoms with E-state index in [0.717, 1.165) is 6.07 Å². The summed E-state index contributed by atoms with van der Waals surface area (Å²) in [6, 6.07) is 2.83. The number of fused-ring (bicyclic) bond motifs is 4. The number of hydrazine groups is 1. The fraction of sp³-hybridized carbons (Fsp3) is 0.273. The molecular weight excluding hydrogens is 470 g/mol. The van der Waals surface area contributed by atoms with Gasteiger partial charge in [-0.2, -0.15) is 13.2 Å². The molecule has 1 aromatic carbocycles. The van der Waals surface area contributed by atoms with Gasteiger partial charge in [-0.25, -0.2) is 24.8 Å². The van der Waals surface area contributed by atoms with E-state index in [1.54, 1.807) is 0 Å². The molecule has 0 aliphatic carbocycles. The van der Waals surface area contributed by atoms with Crippen molar-refractivity contribution in [2.45, 2.75) is 25.7 Å². The summed E-state index contributed by atoms with van der Waals surface area (Å²) in [6.45, 7) is 1.32. The number of anilines is 1. The van der Waals surface area contributed by atoms with Crippen LogP contribution >= 0.6 is 0 Å². The van der Waals surface area contributed by atoms with Crippen molar-refractivity contribution in [2.24, 2.45) is 0 Å². The second-order valence-corrected chi connectivity index (χ2v) is 8.04. The third kappa shape index (κ3) is 3.63. The zero-order valence-electron chi connectivity index (χ0n) is 18.5. The maximum atomic E-state index is 15.4. The van der Waals surface area contributed by atoms with Gasteiger partial charge in [-0.1, -0.05) is 6.07 Å². The van der Waals surface area contributed by atoms with Gasteiger partial charge in [0.1, 0.15) is 22.5 Å². The van der Waals surface area contributed by atoms with Crippen molar-refractivity contribution in [3.05, 3.63) is 64.6 Å². The second-order valence-electron chi connectivity index (χ2n) is 8.04. The molecule has 0 bridgehead atoms. The number of nitrogens with one attached hydrogen (secondary N) is 1. The van der Waals surface area contributed by atoms with E-state index in [1.807, 2.05) is 0 Å². The Morgan fingerprint density at radius 1 is 1.29 bits per heavy atom. The number of imidazole rings is 1. The Morgan fingerprint density at radius 2 is 2.06 bits per heavy atom. The number of nitrogens with zero attached hydrogens (tertiary/aromatic N) is 5. The van der Waals surface area contributed by atoms with Crippen LogP contribution in [0.3, 0.4) is 0 Å². The minimum absolute atomic E-state index is 0.00555. The lowest BCUT2D eigenvalue weighted by molar-refractivity contribution is -0.141. The molecule has 0 fully saturated rings. The molecular formula is C22H19F4N7O2. The normalized spacial score (nSPS) is 16.0. The van der Waals surface area contributed by atoms with E-state index in [4.69, 9.17) is 10.5 Å². The standard InChI is InChI=1S/C22H19F4N7O2/c1-10-12(5-14-19(18(10)23)31-20(27)15-6-29-9-32(14)15)21(34)33(28-2)16-8-35-7-13-11(16)3-4-17(30-13)22(24,25)26/h3-6,9,16,28H,7-8H2,1-2H3,(H2,27,31). The highest BCUT2D eigenvalue weighted by atomic mass is 19.4. The summed E-state index contributed by atoms with van der Waals surface area (Å²) in [5.74, 6) is -1.25. The lowest BCUT2D eigenvalue weighted by Crippen LogP contribution is -2.46. The minimum atomic E-state index is -4.61. The molecule has 3 aromatic heterocycles. The summed E-state index contributed by atoms with van der Waals surface area (Å²) >= 11 is 0. The van der Waals surface area contributed by atoms with E-state index in [-0.39, 0.29) is 46.9 Å². The van der Waals surface area contributed by atoms with Gasteiger partial charge in [0.05, 0.1) is 43.0 Å². The number of rotatable bonds is 3. The number of carbonyl (C=O) groups is 1. The molecule has 35 heavy (non-hydrogen) atoms. The highest BCUT2D eigenvalue weighted by Crippen LogP contribution is 2.34. The SMILES string of the molecule is CNN(C(=O)c1cc2c(nc(N)c3cncn32)c(F)c1C)C1COCc2nc(C(F)(F)F)ccc21. The van der Waals surface area contributed by atoms with Crippen LogP contribution in [0.1, 0.15) is 38.9 Å². The summed E-state index contributed by atoms with van der Waals surface area (Å²) < 4.78 is 61.7. The summed E-state index contributed by atoms with van der Waals surface area (Å²) in [5, 5.41) is 1.19. The largest absolute Gasteiger partial charge is 0.433 e. The first-order valence-electron chi connectivity index (χ1n) is 10.5. The van der Waals surface area contributed by atoms with Gasteiger partial charge in [0.2, 0.25) is 0 Å². The molecule has 1 aliphatic heterocycles. The topological polar surface area (TPSA) is 111 Å². The molecule has 0 spiro atoms. The van der Waals surface area contributed by atoms with Crippen molar-refractivity contribution >= 4 is 28.3 Å². The Kier molecular flexibility index (Phi) is 5.33. The van der Waals surface area contributed by atoms with Crippen LogP contribution < -0.4 is 11.2 Å². The number of hydrogen-bond donors (Lipinski definition) is 2. The number of aromatic nitrogens is 4. The first-order chi connectivity index (χ1) is 16.6. The van der Waals surface area contributed by atoms with E-state index in [9.17, 15) is 18.0 Å². The Bertz CT molecular complexity index is 1480. The maximum Gasteiger partial charge on any atom is 0.433 e. The third-order valence-corrected chi connectivity index (χ3v) is 6.03. The zero-order chi connectivity index (χ0) is 25.1. The molecule has 182 valence electrons. The first-order valence-corrected chi connectivity index (χ1v) is 10.5. The van der Waals surface area contributed by atoms with Gasteiger partial charge in [-0.3, -0.25) is 14.2 Å². The molecule has 4 heterocycles. The van der Waals surface area contributed by atoms with Crippen LogP contribution in [0.4, 0.5) is 23.4 Å². The van der Waals surface area contributed by atoms with Gasteiger partial charge < -0.3 is 10.5 Å². The van der Waals surface area contributed by atoms with E-state index >= 15 is 4.39 Å². The lowest BCUT2D eigenvalue weighted by Gasteiger charge is -2.35. The summed E-state index contributed by atoms with van der Waals surface area (Å²) in [6.07, 6.45) is -1.71. The number of alkyl halides is 3. The average Bonchev–Trinajstić information content (AvgIpc) is 3.32. The number of pyridine rings is 1. The van der Waals surface area contributed by atoms with Crippen LogP contribution in [0, 0.1) is 12.7 Å². The van der Waals surface area contributed by atoms with Crippen molar-refractivity contribution in [3.63, 3.8) is 0 Å². The number of hydrogen-bond acceptors (Lipinski definition) is 7. The lowest BCUT2D eigenvalue weighted by atomic mass is 10.00. The molecule has 0 saturated heterocycles. The van der Waals surface area contributed by atoms with Crippen molar-refractivity contribution in [1.29, 1.82) is 0 Å². The number of amides is 1. The molecule has 1 atom stereocenters. The second kappa shape index (κ2) is 8.13. The highest BCUT2D eigenvalue weighted by molar-refractivity contribution is 6.00. The monoisotopic (exact) mass is 489 g/mol. The molecule has 1 amide bonds. The summed E-state index contributed by atoms with van der Waals surface area (Å²) in [5.41, 5.74) is 8.89. The van der Waals surface area contributed by atoms with Crippen molar-refractivity contribution in [2.75, 3.05) is 19.4 Å². The fourth-order valence-electron chi connectivity index (χ4n) is 4.28. The summed E-state index contributed by atoms with van der Waals surface area (Å²) in [4.78, 5) is 25.5. The van der Waals surface area contributed by atoms with Crippen LogP contribution in [0.5, 0.6) is 0 Å². The van der Waals surface area contributed by atoms with Crippen molar-refractivity contribution in [3.8, 4) is 0 Å². The number of ether oxygens (including phenoxy) is 1.